The third-order valence-corrected chi connectivity index (χ3v) is 5.92. The predicted molar refractivity (Wildman–Crippen MR) is 83.0 cm³/mol. The molecule has 1 aliphatic rings. The van der Waals surface area contributed by atoms with E-state index in [9.17, 15) is 8.42 Å². The highest BCUT2D eigenvalue weighted by Crippen LogP contribution is 2.29. The van der Waals surface area contributed by atoms with Gasteiger partial charge in [-0.25, -0.2) is 8.42 Å². The first kappa shape index (κ1) is 16.4. The summed E-state index contributed by atoms with van der Waals surface area (Å²) in [7, 11) is -3.37. The summed E-state index contributed by atoms with van der Waals surface area (Å²) in [4.78, 5) is 0. The monoisotopic (exact) mass is 312 g/mol. The van der Waals surface area contributed by atoms with Crippen molar-refractivity contribution in [3.63, 3.8) is 0 Å². The Hall–Kier alpha value is -0.950. The van der Waals surface area contributed by atoms with Crippen LogP contribution in [-0.2, 0) is 22.3 Å². The molecule has 0 amide bonds. The first-order valence-electron chi connectivity index (χ1n) is 7.45. The summed E-state index contributed by atoms with van der Waals surface area (Å²) in [6, 6.07) is 7.50. The lowest BCUT2D eigenvalue weighted by Gasteiger charge is -2.36. The zero-order chi connectivity index (χ0) is 15.3. The van der Waals surface area contributed by atoms with Crippen molar-refractivity contribution in [3.05, 3.63) is 35.4 Å². The van der Waals surface area contributed by atoms with Crippen molar-refractivity contribution in [2.24, 2.45) is 5.73 Å². The van der Waals surface area contributed by atoms with E-state index in [0.717, 1.165) is 30.4 Å². The van der Waals surface area contributed by atoms with E-state index >= 15 is 0 Å². The Bertz CT molecular complexity index is 556. The van der Waals surface area contributed by atoms with Crippen molar-refractivity contribution in [3.8, 4) is 0 Å². The van der Waals surface area contributed by atoms with Crippen LogP contribution in [0.2, 0.25) is 0 Å². The van der Waals surface area contributed by atoms with Crippen LogP contribution in [0.25, 0.3) is 0 Å². The molecule has 6 heteroatoms. The largest absolute Gasteiger partial charge is 0.396 e. The van der Waals surface area contributed by atoms with E-state index in [-0.39, 0.29) is 18.4 Å². The molecular weight excluding hydrogens is 288 g/mol. The normalized spacial score (nSPS) is 16.1. The molecule has 1 aromatic carbocycles. The zero-order valence-corrected chi connectivity index (χ0v) is 13.1. The van der Waals surface area contributed by atoms with Crippen molar-refractivity contribution in [2.45, 2.75) is 44.0 Å². The third-order valence-electron chi connectivity index (χ3n) is 4.05. The highest BCUT2D eigenvalue weighted by Gasteiger charge is 2.33. The summed E-state index contributed by atoms with van der Waals surface area (Å²) < 4.78 is 27.0. The minimum absolute atomic E-state index is 0.0116. The Morgan fingerprint density at radius 3 is 2.43 bits per heavy atom. The van der Waals surface area contributed by atoms with Crippen LogP contribution in [0.3, 0.4) is 0 Å². The van der Waals surface area contributed by atoms with E-state index < -0.39 is 10.0 Å². The predicted octanol–water partition coefficient (Wildman–Crippen LogP) is 1.21. The number of hydrogen-bond acceptors (Lipinski definition) is 4. The highest BCUT2D eigenvalue weighted by molar-refractivity contribution is 7.88. The second-order valence-electron chi connectivity index (χ2n) is 5.50. The topological polar surface area (TPSA) is 83.6 Å². The van der Waals surface area contributed by atoms with Gasteiger partial charge < -0.3 is 10.8 Å². The first-order valence-corrected chi connectivity index (χ1v) is 9.06. The van der Waals surface area contributed by atoms with Gasteiger partial charge in [-0.3, -0.25) is 0 Å². The van der Waals surface area contributed by atoms with Gasteiger partial charge in [-0.1, -0.05) is 30.7 Å². The number of hydrogen-bond donors (Lipinski definition) is 2. The Kier molecular flexibility index (Phi) is 5.75. The van der Waals surface area contributed by atoms with E-state index in [0.29, 0.717) is 19.5 Å². The maximum atomic E-state index is 12.7. The zero-order valence-electron chi connectivity index (χ0n) is 12.2. The summed E-state index contributed by atoms with van der Waals surface area (Å²) in [5.41, 5.74) is 7.33. The molecule has 0 radical (unpaired) electrons. The Balaban J connectivity index is 2.17. The fraction of sp³-hybridized carbons (Fsp3) is 0.600. The Morgan fingerprint density at radius 1 is 1.24 bits per heavy atom. The summed E-state index contributed by atoms with van der Waals surface area (Å²) in [6.07, 6.45) is 3.40. The van der Waals surface area contributed by atoms with Gasteiger partial charge in [0.15, 0.2) is 0 Å². The number of aliphatic hydroxyl groups is 1. The molecule has 1 aliphatic carbocycles. The van der Waals surface area contributed by atoms with Crippen LogP contribution in [0.4, 0.5) is 0 Å². The molecule has 0 unspecified atom stereocenters. The van der Waals surface area contributed by atoms with Gasteiger partial charge >= 0.3 is 0 Å². The lowest BCUT2D eigenvalue weighted by molar-refractivity contribution is 0.198. The average Bonchev–Trinajstić information content (AvgIpc) is 2.41. The minimum atomic E-state index is -3.37. The second kappa shape index (κ2) is 7.35. The number of nitrogens with zero attached hydrogens (tertiary/aromatic N) is 1. The van der Waals surface area contributed by atoms with E-state index in [1.807, 2.05) is 24.3 Å². The molecule has 3 N–H and O–H groups in total. The maximum Gasteiger partial charge on any atom is 0.218 e. The van der Waals surface area contributed by atoms with Crippen LogP contribution < -0.4 is 5.73 Å². The smallest absolute Gasteiger partial charge is 0.218 e. The van der Waals surface area contributed by atoms with Crippen LogP contribution >= 0.6 is 0 Å². The Labute approximate surface area is 126 Å². The minimum Gasteiger partial charge on any atom is -0.396 e. The molecule has 0 saturated heterocycles. The standard InChI is InChI=1S/C15H24N2O3S/c16-11-13-5-1-2-6-14(13)12-21(19,20)17(9-4-10-18)15-7-3-8-15/h1-2,5-6,15,18H,3-4,7-12,16H2. The molecule has 2 rings (SSSR count). The van der Waals surface area contributed by atoms with Gasteiger partial charge in [-0.2, -0.15) is 4.31 Å². The van der Waals surface area contributed by atoms with Crippen LogP contribution in [0.15, 0.2) is 24.3 Å². The lowest BCUT2D eigenvalue weighted by atomic mass is 9.93. The molecule has 0 aliphatic heterocycles. The van der Waals surface area contributed by atoms with E-state index in [4.69, 9.17) is 10.8 Å². The van der Waals surface area contributed by atoms with Gasteiger partial charge in [0.05, 0.1) is 5.75 Å². The van der Waals surface area contributed by atoms with Gasteiger partial charge in [0.25, 0.3) is 0 Å². The summed E-state index contributed by atoms with van der Waals surface area (Å²) in [6.45, 7) is 0.748. The molecule has 1 saturated carbocycles. The average molecular weight is 312 g/mol. The van der Waals surface area contributed by atoms with Crippen LogP contribution in [0.5, 0.6) is 0 Å². The number of aliphatic hydroxyl groups excluding tert-OH is 1. The lowest BCUT2D eigenvalue weighted by Crippen LogP contribution is -2.45. The molecule has 0 spiro atoms. The molecule has 1 aromatic rings. The summed E-state index contributed by atoms with van der Waals surface area (Å²) >= 11 is 0. The van der Waals surface area contributed by atoms with E-state index in [1.54, 1.807) is 4.31 Å². The summed E-state index contributed by atoms with van der Waals surface area (Å²) in [5, 5.41) is 8.99. The highest BCUT2D eigenvalue weighted by atomic mass is 32.2. The van der Waals surface area contributed by atoms with Gasteiger partial charge in [0, 0.05) is 25.7 Å². The summed E-state index contributed by atoms with van der Waals surface area (Å²) in [5.74, 6) is -0.0116. The van der Waals surface area contributed by atoms with Gasteiger partial charge in [0.2, 0.25) is 10.0 Å². The van der Waals surface area contributed by atoms with E-state index in [2.05, 4.69) is 0 Å². The fourth-order valence-electron chi connectivity index (χ4n) is 2.63. The molecule has 118 valence electrons. The van der Waals surface area contributed by atoms with Crippen LogP contribution in [0.1, 0.15) is 36.8 Å². The quantitative estimate of drug-likeness (QED) is 0.756. The van der Waals surface area contributed by atoms with Crippen molar-refractivity contribution in [1.29, 1.82) is 0 Å². The second-order valence-corrected chi connectivity index (χ2v) is 7.42. The third kappa shape index (κ3) is 4.03. The Morgan fingerprint density at radius 2 is 1.90 bits per heavy atom. The maximum absolute atomic E-state index is 12.7. The van der Waals surface area contributed by atoms with Gasteiger partial charge in [0.1, 0.15) is 0 Å². The van der Waals surface area contributed by atoms with Crippen molar-refractivity contribution >= 4 is 10.0 Å². The van der Waals surface area contributed by atoms with E-state index in [1.165, 1.54) is 0 Å². The SMILES string of the molecule is NCc1ccccc1CS(=O)(=O)N(CCCO)C1CCC1. The molecular formula is C15H24N2O3S. The van der Waals surface area contributed by atoms with Crippen LogP contribution in [0, 0.1) is 0 Å². The van der Waals surface area contributed by atoms with Crippen molar-refractivity contribution < 1.29 is 13.5 Å². The molecule has 21 heavy (non-hydrogen) atoms. The number of rotatable bonds is 8. The molecule has 0 atom stereocenters. The van der Waals surface area contributed by atoms with Gasteiger partial charge in [-0.05, 0) is 30.4 Å². The molecule has 5 nitrogen and oxygen atoms in total. The molecule has 0 aromatic heterocycles. The van der Waals surface area contributed by atoms with Crippen molar-refractivity contribution in [1.82, 2.24) is 4.31 Å². The van der Waals surface area contributed by atoms with Crippen LogP contribution in [-0.4, -0.2) is 37.0 Å². The number of benzene rings is 1. The number of sulfonamides is 1. The number of nitrogens with two attached hydrogens (primary N) is 1. The molecule has 1 fully saturated rings. The van der Waals surface area contributed by atoms with Gasteiger partial charge in [-0.15, -0.1) is 0 Å². The first-order chi connectivity index (χ1) is 10.1. The van der Waals surface area contributed by atoms with Crippen molar-refractivity contribution in [2.75, 3.05) is 13.2 Å². The molecule has 0 bridgehead atoms. The fourth-order valence-corrected chi connectivity index (χ4v) is 4.54. The molecule has 0 heterocycles.